The van der Waals surface area contributed by atoms with Gasteiger partial charge in [0.15, 0.2) is 0 Å². The third kappa shape index (κ3) is 3.68. The number of carbonyl (C=O) groups is 1. The van der Waals surface area contributed by atoms with E-state index in [0.29, 0.717) is 18.0 Å². The normalized spacial score (nSPS) is 10.2. The minimum Gasteiger partial charge on any atom is -0.494 e. The van der Waals surface area contributed by atoms with Gasteiger partial charge in [-0.25, -0.2) is 0 Å². The van der Waals surface area contributed by atoms with Crippen LogP contribution in [-0.4, -0.2) is 23.9 Å². The summed E-state index contributed by atoms with van der Waals surface area (Å²) in [6, 6.07) is 6.95. The molecule has 1 amide bonds. The summed E-state index contributed by atoms with van der Waals surface area (Å²) in [6.45, 7) is 2.44. The second-order valence-electron chi connectivity index (χ2n) is 2.69. The number of hydrogen-bond donors (Lipinski definition) is 2. The van der Waals surface area contributed by atoms with Gasteiger partial charge in [-0.05, 0) is 19.1 Å². The van der Waals surface area contributed by atoms with Crippen molar-refractivity contribution in [2.45, 2.75) is 6.92 Å². The van der Waals surface area contributed by atoms with Crippen LogP contribution in [0.3, 0.4) is 0 Å². The second-order valence-corrected chi connectivity index (χ2v) is 2.69. The molecule has 15 heavy (non-hydrogen) atoms. The first kappa shape index (κ1) is 11.0. The van der Waals surface area contributed by atoms with Crippen molar-refractivity contribution >= 4 is 17.8 Å². The Kier molecular flexibility index (Phi) is 4.15. The van der Waals surface area contributed by atoms with Gasteiger partial charge < -0.3 is 15.3 Å². The number of carbonyl (C=O) groups excluding carboxylic acids is 1. The van der Waals surface area contributed by atoms with Crippen molar-refractivity contribution in [3.8, 4) is 5.75 Å². The molecule has 0 aromatic heterocycles. The van der Waals surface area contributed by atoms with E-state index < -0.39 is 5.91 Å². The van der Waals surface area contributed by atoms with Gasteiger partial charge in [-0.2, -0.15) is 0 Å². The molecule has 0 bridgehead atoms. The Hall–Kier alpha value is -2.04. The number of benzene rings is 1. The lowest BCUT2D eigenvalue weighted by Gasteiger charge is -2.05. The fraction of sp³-hybridized carbons (Fsp3) is 0.200. The SMILES string of the molecule is CCOc1cccc(NC(=O)C=NO)c1. The molecule has 1 aromatic carbocycles. The van der Waals surface area contributed by atoms with Crippen LogP contribution in [0, 0.1) is 0 Å². The van der Waals surface area contributed by atoms with Crippen LogP contribution >= 0.6 is 0 Å². The number of hydrogen-bond acceptors (Lipinski definition) is 4. The predicted octanol–water partition coefficient (Wildman–Crippen LogP) is 1.48. The Morgan fingerprint density at radius 2 is 2.47 bits per heavy atom. The molecule has 0 unspecified atom stereocenters. The van der Waals surface area contributed by atoms with Crippen molar-refractivity contribution in [1.82, 2.24) is 0 Å². The molecule has 1 rings (SSSR count). The fourth-order valence-corrected chi connectivity index (χ4v) is 1.06. The lowest BCUT2D eigenvalue weighted by Crippen LogP contribution is -2.12. The van der Waals surface area contributed by atoms with Crippen molar-refractivity contribution in [2.75, 3.05) is 11.9 Å². The molecule has 5 nitrogen and oxygen atoms in total. The van der Waals surface area contributed by atoms with E-state index in [1.165, 1.54) is 0 Å². The van der Waals surface area contributed by atoms with Gasteiger partial charge in [0.05, 0.1) is 6.61 Å². The van der Waals surface area contributed by atoms with Crippen molar-refractivity contribution in [3.05, 3.63) is 24.3 Å². The van der Waals surface area contributed by atoms with E-state index in [1.807, 2.05) is 6.92 Å². The van der Waals surface area contributed by atoms with Crippen LogP contribution in [0.4, 0.5) is 5.69 Å². The second kappa shape index (κ2) is 5.64. The molecular formula is C10H12N2O3. The highest BCUT2D eigenvalue weighted by molar-refractivity contribution is 6.31. The number of oxime groups is 1. The third-order valence-electron chi connectivity index (χ3n) is 1.59. The van der Waals surface area contributed by atoms with Crippen molar-refractivity contribution in [2.24, 2.45) is 5.16 Å². The van der Waals surface area contributed by atoms with Crippen molar-refractivity contribution in [1.29, 1.82) is 0 Å². The van der Waals surface area contributed by atoms with E-state index in [-0.39, 0.29) is 0 Å². The quantitative estimate of drug-likeness (QED) is 0.447. The molecule has 0 radical (unpaired) electrons. The first-order chi connectivity index (χ1) is 7.26. The molecule has 2 N–H and O–H groups in total. The molecule has 1 aromatic rings. The molecular weight excluding hydrogens is 196 g/mol. The number of rotatable bonds is 4. The molecule has 0 aliphatic rings. The van der Waals surface area contributed by atoms with Crippen LogP contribution < -0.4 is 10.1 Å². The summed E-state index contributed by atoms with van der Waals surface area (Å²) in [5.74, 6) is 0.183. The first-order valence-corrected chi connectivity index (χ1v) is 4.47. The van der Waals surface area contributed by atoms with Crippen LogP contribution in [0.2, 0.25) is 0 Å². The highest BCUT2D eigenvalue weighted by atomic mass is 16.5. The Labute approximate surface area is 87.4 Å². The average molecular weight is 208 g/mol. The lowest BCUT2D eigenvalue weighted by atomic mass is 10.3. The first-order valence-electron chi connectivity index (χ1n) is 4.47. The van der Waals surface area contributed by atoms with Crippen LogP contribution in [0.15, 0.2) is 29.4 Å². The molecule has 0 fully saturated rings. The largest absolute Gasteiger partial charge is 0.494 e. The molecule has 0 heterocycles. The summed E-state index contributed by atoms with van der Waals surface area (Å²) in [7, 11) is 0. The molecule has 5 heteroatoms. The molecule has 0 aliphatic carbocycles. The Morgan fingerprint density at radius 3 is 3.13 bits per heavy atom. The lowest BCUT2D eigenvalue weighted by molar-refractivity contribution is -0.110. The zero-order valence-corrected chi connectivity index (χ0v) is 8.30. The minimum absolute atomic E-state index is 0.494. The van der Waals surface area contributed by atoms with E-state index >= 15 is 0 Å². The zero-order chi connectivity index (χ0) is 11.1. The van der Waals surface area contributed by atoms with Crippen LogP contribution in [0.1, 0.15) is 6.92 Å². The number of anilines is 1. The highest BCUT2D eigenvalue weighted by Gasteiger charge is 1.99. The Bertz CT molecular complexity index is 363. The van der Waals surface area contributed by atoms with Crippen molar-refractivity contribution in [3.63, 3.8) is 0 Å². The van der Waals surface area contributed by atoms with Gasteiger partial charge in [-0.3, -0.25) is 4.79 Å². The summed E-state index contributed by atoms with van der Waals surface area (Å²) in [4.78, 5) is 11.0. The van der Waals surface area contributed by atoms with Crippen LogP contribution in [0.5, 0.6) is 5.75 Å². The molecule has 0 aliphatic heterocycles. The van der Waals surface area contributed by atoms with E-state index in [2.05, 4.69) is 10.5 Å². The maximum absolute atomic E-state index is 11.0. The highest BCUT2D eigenvalue weighted by Crippen LogP contribution is 2.16. The number of amides is 1. The average Bonchev–Trinajstić information content (AvgIpc) is 2.19. The van der Waals surface area contributed by atoms with Gasteiger partial charge in [0.1, 0.15) is 12.0 Å². The topological polar surface area (TPSA) is 70.9 Å². The molecule has 0 saturated heterocycles. The summed E-state index contributed by atoms with van der Waals surface area (Å²) in [6.07, 6.45) is 0.785. The van der Waals surface area contributed by atoms with E-state index in [1.54, 1.807) is 24.3 Å². The predicted molar refractivity (Wildman–Crippen MR) is 56.5 cm³/mol. The van der Waals surface area contributed by atoms with E-state index in [9.17, 15) is 4.79 Å². The Morgan fingerprint density at radius 1 is 1.67 bits per heavy atom. The van der Waals surface area contributed by atoms with Gasteiger partial charge in [0.2, 0.25) is 0 Å². The summed E-state index contributed by atoms with van der Waals surface area (Å²) in [5, 5.41) is 13.3. The number of nitrogens with zero attached hydrogens (tertiary/aromatic N) is 1. The Balaban J connectivity index is 2.68. The van der Waals surface area contributed by atoms with Crippen LogP contribution in [-0.2, 0) is 4.79 Å². The van der Waals surface area contributed by atoms with Gasteiger partial charge in [-0.15, -0.1) is 0 Å². The monoisotopic (exact) mass is 208 g/mol. The number of ether oxygens (including phenoxy) is 1. The summed E-state index contributed by atoms with van der Waals surface area (Å²) >= 11 is 0. The molecule has 80 valence electrons. The summed E-state index contributed by atoms with van der Waals surface area (Å²) in [5.41, 5.74) is 0.589. The van der Waals surface area contributed by atoms with E-state index in [0.717, 1.165) is 6.21 Å². The van der Waals surface area contributed by atoms with Gasteiger partial charge >= 0.3 is 0 Å². The van der Waals surface area contributed by atoms with Gasteiger partial charge in [0.25, 0.3) is 5.91 Å². The standard InChI is InChI=1S/C10H12N2O3/c1-2-15-9-5-3-4-8(6-9)12-10(13)7-11-14/h3-7,14H,2H2,1H3,(H,12,13). The molecule has 0 atom stereocenters. The fourth-order valence-electron chi connectivity index (χ4n) is 1.06. The molecule has 0 saturated carbocycles. The van der Waals surface area contributed by atoms with Crippen molar-refractivity contribution < 1.29 is 14.7 Å². The maximum Gasteiger partial charge on any atom is 0.270 e. The van der Waals surface area contributed by atoms with Gasteiger partial charge in [-0.1, -0.05) is 11.2 Å². The molecule has 0 spiro atoms. The van der Waals surface area contributed by atoms with E-state index in [4.69, 9.17) is 9.94 Å². The maximum atomic E-state index is 11.0. The summed E-state index contributed by atoms with van der Waals surface area (Å²) < 4.78 is 5.25. The zero-order valence-electron chi connectivity index (χ0n) is 8.30. The van der Waals surface area contributed by atoms with Gasteiger partial charge in [0, 0.05) is 11.8 Å². The smallest absolute Gasteiger partial charge is 0.270 e. The minimum atomic E-state index is -0.494. The number of nitrogens with one attached hydrogen (secondary N) is 1. The van der Waals surface area contributed by atoms with Crippen LogP contribution in [0.25, 0.3) is 0 Å². The third-order valence-corrected chi connectivity index (χ3v) is 1.59.